The van der Waals surface area contributed by atoms with Gasteiger partial charge in [-0.1, -0.05) is 29.8 Å². The number of ether oxygens (including phenoxy) is 3. The van der Waals surface area contributed by atoms with Gasteiger partial charge in [0.2, 0.25) is 11.7 Å². The number of hydrogen-bond acceptors (Lipinski definition) is 6. The molecule has 0 saturated heterocycles. The molecule has 180 valence electrons. The first-order chi connectivity index (χ1) is 16.3. The summed E-state index contributed by atoms with van der Waals surface area (Å²) in [7, 11) is 0.473. The maximum absolute atomic E-state index is 13.3. The molecule has 0 heterocycles. The van der Waals surface area contributed by atoms with Gasteiger partial charge in [0.25, 0.3) is 10.0 Å². The quantitative estimate of drug-likeness (QED) is 0.450. The molecule has 1 N–H and O–H groups in total. The Labute approximate surface area is 204 Å². The summed E-state index contributed by atoms with van der Waals surface area (Å²) in [5.74, 6) is 0.781. The first kappa shape index (κ1) is 25.2. The van der Waals surface area contributed by atoms with Crippen LogP contribution in [0.15, 0.2) is 71.6 Å². The first-order valence-electron chi connectivity index (χ1n) is 10.2. The van der Waals surface area contributed by atoms with Crippen LogP contribution in [0.3, 0.4) is 0 Å². The summed E-state index contributed by atoms with van der Waals surface area (Å²) in [4.78, 5) is 13.0. The first-order valence-corrected chi connectivity index (χ1v) is 12.0. The van der Waals surface area contributed by atoms with E-state index in [1.54, 1.807) is 54.6 Å². The lowest BCUT2D eigenvalue weighted by Gasteiger charge is -2.24. The molecular weight excluding hydrogens is 480 g/mol. The summed E-state index contributed by atoms with van der Waals surface area (Å²) < 4.78 is 43.8. The minimum absolute atomic E-state index is 0.0688. The average Bonchev–Trinajstić information content (AvgIpc) is 2.86. The van der Waals surface area contributed by atoms with E-state index < -0.39 is 22.5 Å². The molecule has 0 spiro atoms. The van der Waals surface area contributed by atoms with Gasteiger partial charge in [0.15, 0.2) is 11.5 Å². The van der Waals surface area contributed by atoms with E-state index in [0.29, 0.717) is 33.5 Å². The van der Waals surface area contributed by atoms with E-state index >= 15 is 0 Å². The lowest BCUT2D eigenvalue weighted by molar-refractivity contribution is -0.119. The van der Waals surface area contributed by atoms with Crippen molar-refractivity contribution in [1.82, 2.24) is 5.32 Å². The molecule has 0 unspecified atom stereocenters. The predicted octanol–water partition coefficient (Wildman–Crippen LogP) is 3.88. The lowest BCUT2D eigenvalue weighted by atomic mass is 10.1. The summed E-state index contributed by atoms with van der Waals surface area (Å²) in [5.41, 5.74) is 0.949. The molecule has 0 saturated carbocycles. The molecule has 0 aromatic heterocycles. The van der Waals surface area contributed by atoms with Crippen LogP contribution in [0.25, 0.3) is 0 Å². The van der Waals surface area contributed by atoms with Crippen LogP contribution in [0.5, 0.6) is 17.2 Å². The molecule has 3 rings (SSSR count). The summed E-state index contributed by atoms with van der Waals surface area (Å²) in [6.45, 7) is -0.351. The summed E-state index contributed by atoms with van der Waals surface area (Å²) in [5, 5.41) is 3.20. The number of halogens is 1. The molecule has 3 aromatic rings. The Morgan fingerprint density at radius 3 is 2.12 bits per heavy atom. The molecule has 0 aliphatic carbocycles. The minimum atomic E-state index is -4.01. The molecule has 0 aliphatic rings. The van der Waals surface area contributed by atoms with Crippen molar-refractivity contribution < 1.29 is 27.4 Å². The van der Waals surface area contributed by atoms with E-state index in [4.69, 9.17) is 25.8 Å². The standard InChI is InChI=1S/C24H25ClN2O6S/c1-31-21-14-9-17(23(32-2)24(21)33-3)15-26-22(28)16-27(19-12-10-18(25)11-13-19)34(29,30)20-7-5-4-6-8-20/h4-14H,15-16H2,1-3H3,(H,26,28). The second-order valence-corrected chi connectivity index (χ2v) is 9.37. The van der Waals surface area contributed by atoms with Crippen molar-refractivity contribution in [3.63, 3.8) is 0 Å². The summed E-state index contributed by atoms with van der Waals surface area (Å²) in [6.07, 6.45) is 0. The van der Waals surface area contributed by atoms with Crippen LogP contribution in [0, 0.1) is 0 Å². The third kappa shape index (κ3) is 5.55. The highest BCUT2D eigenvalue weighted by molar-refractivity contribution is 7.92. The van der Waals surface area contributed by atoms with E-state index in [0.717, 1.165) is 4.31 Å². The predicted molar refractivity (Wildman–Crippen MR) is 130 cm³/mol. The van der Waals surface area contributed by atoms with Crippen LogP contribution < -0.4 is 23.8 Å². The second-order valence-electron chi connectivity index (χ2n) is 7.07. The Bertz CT molecular complexity index is 1230. The minimum Gasteiger partial charge on any atom is -0.493 e. The van der Waals surface area contributed by atoms with Crippen molar-refractivity contribution in [2.24, 2.45) is 0 Å². The molecule has 0 radical (unpaired) electrons. The summed E-state index contributed by atoms with van der Waals surface area (Å²) >= 11 is 5.97. The SMILES string of the molecule is COc1ccc(CNC(=O)CN(c2ccc(Cl)cc2)S(=O)(=O)c2ccccc2)c(OC)c1OC. The van der Waals surface area contributed by atoms with E-state index in [2.05, 4.69) is 5.32 Å². The van der Waals surface area contributed by atoms with Crippen LogP contribution in [-0.2, 0) is 21.4 Å². The molecule has 0 bridgehead atoms. The largest absolute Gasteiger partial charge is 0.493 e. The number of nitrogens with zero attached hydrogens (tertiary/aromatic N) is 1. The number of rotatable bonds is 10. The van der Waals surface area contributed by atoms with Crippen LogP contribution >= 0.6 is 11.6 Å². The van der Waals surface area contributed by atoms with Gasteiger partial charge in [-0.05, 0) is 48.5 Å². The number of nitrogens with one attached hydrogen (secondary N) is 1. The molecule has 3 aromatic carbocycles. The van der Waals surface area contributed by atoms with Gasteiger partial charge in [-0.25, -0.2) is 8.42 Å². The number of carbonyl (C=O) groups is 1. The highest BCUT2D eigenvalue weighted by atomic mass is 35.5. The Morgan fingerprint density at radius 2 is 1.53 bits per heavy atom. The number of methoxy groups -OCH3 is 3. The fourth-order valence-corrected chi connectivity index (χ4v) is 4.89. The molecular formula is C24H25ClN2O6S. The van der Waals surface area contributed by atoms with Crippen LogP contribution in [0.2, 0.25) is 5.02 Å². The van der Waals surface area contributed by atoms with Crippen molar-refractivity contribution in [2.45, 2.75) is 11.4 Å². The van der Waals surface area contributed by atoms with Gasteiger partial charge in [0.1, 0.15) is 6.54 Å². The number of hydrogen-bond donors (Lipinski definition) is 1. The monoisotopic (exact) mass is 504 g/mol. The van der Waals surface area contributed by atoms with Gasteiger partial charge in [-0.3, -0.25) is 9.10 Å². The molecule has 0 atom stereocenters. The topological polar surface area (TPSA) is 94.2 Å². The Morgan fingerprint density at radius 1 is 0.882 bits per heavy atom. The Hall–Kier alpha value is -3.43. The zero-order valence-electron chi connectivity index (χ0n) is 18.9. The van der Waals surface area contributed by atoms with Crippen molar-refractivity contribution in [3.05, 3.63) is 77.3 Å². The fourth-order valence-electron chi connectivity index (χ4n) is 3.32. The van der Waals surface area contributed by atoms with Crippen molar-refractivity contribution in [2.75, 3.05) is 32.2 Å². The smallest absolute Gasteiger partial charge is 0.264 e. The highest BCUT2D eigenvalue weighted by Gasteiger charge is 2.27. The van der Waals surface area contributed by atoms with Gasteiger partial charge >= 0.3 is 0 Å². The number of carbonyl (C=O) groups excluding carboxylic acids is 1. The van der Waals surface area contributed by atoms with E-state index in [1.165, 1.54) is 33.5 Å². The Kier molecular flexibility index (Phi) is 8.25. The normalized spacial score (nSPS) is 10.9. The fraction of sp³-hybridized carbons (Fsp3) is 0.208. The second kappa shape index (κ2) is 11.1. The maximum atomic E-state index is 13.3. The van der Waals surface area contributed by atoms with Crippen molar-refractivity contribution in [3.8, 4) is 17.2 Å². The van der Waals surface area contributed by atoms with Crippen molar-refractivity contribution in [1.29, 1.82) is 0 Å². The van der Waals surface area contributed by atoms with Crippen LogP contribution in [-0.4, -0.2) is 42.2 Å². The van der Waals surface area contributed by atoms with Gasteiger partial charge < -0.3 is 19.5 Å². The maximum Gasteiger partial charge on any atom is 0.264 e. The van der Waals surface area contributed by atoms with Crippen molar-refractivity contribution >= 4 is 33.2 Å². The van der Waals surface area contributed by atoms with Gasteiger partial charge in [0.05, 0.1) is 31.9 Å². The molecule has 0 fully saturated rings. The average molecular weight is 505 g/mol. The van der Waals surface area contributed by atoms with Gasteiger partial charge in [0, 0.05) is 17.1 Å². The molecule has 34 heavy (non-hydrogen) atoms. The van der Waals surface area contributed by atoms with Crippen LogP contribution in [0.4, 0.5) is 5.69 Å². The number of sulfonamides is 1. The summed E-state index contributed by atoms with van der Waals surface area (Å²) in [6, 6.07) is 17.6. The third-order valence-corrected chi connectivity index (χ3v) is 7.03. The highest BCUT2D eigenvalue weighted by Crippen LogP contribution is 2.39. The number of anilines is 1. The molecule has 0 aliphatic heterocycles. The van der Waals surface area contributed by atoms with Gasteiger partial charge in [-0.2, -0.15) is 0 Å². The van der Waals surface area contributed by atoms with E-state index in [9.17, 15) is 13.2 Å². The van der Waals surface area contributed by atoms with Gasteiger partial charge in [-0.15, -0.1) is 0 Å². The third-order valence-electron chi connectivity index (χ3n) is 4.99. The zero-order chi connectivity index (χ0) is 24.7. The molecule has 8 nitrogen and oxygen atoms in total. The Balaban J connectivity index is 1.85. The number of benzene rings is 3. The lowest BCUT2D eigenvalue weighted by Crippen LogP contribution is -2.40. The zero-order valence-corrected chi connectivity index (χ0v) is 20.5. The van der Waals surface area contributed by atoms with E-state index in [1.807, 2.05) is 0 Å². The molecule has 1 amide bonds. The van der Waals surface area contributed by atoms with Crippen LogP contribution in [0.1, 0.15) is 5.56 Å². The number of amides is 1. The van der Waals surface area contributed by atoms with E-state index in [-0.39, 0.29) is 11.4 Å². The molecule has 10 heteroatoms.